The smallest absolute Gasteiger partial charge is 0.315 e. The Balaban J connectivity index is 2.23. The zero-order chi connectivity index (χ0) is 14.4. The molecule has 0 radical (unpaired) electrons. The lowest BCUT2D eigenvalue weighted by Gasteiger charge is -2.33. The summed E-state index contributed by atoms with van der Waals surface area (Å²) in [6, 6.07) is 0.243. The first-order chi connectivity index (χ1) is 8.88. The third-order valence-electron chi connectivity index (χ3n) is 4.10. The molecular weight excluding hydrogens is 240 g/mol. The van der Waals surface area contributed by atoms with Gasteiger partial charge < -0.3 is 15.7 Å². The lowest BCUT2D eigenvalue weighted by atomic mass is 9.80. The SMILES string of the molecule is CC(O)CC(C)CNC(=O)NC1CCC(C)CC1C. The molecule has 0 aromatic carbocycles. The van der Waals surface area contributed by atoms with Crippen LogP contribution in [0.4, 0.5) is 4.79 Å². The Bertz CT molecular complexity index is 281. The summed E-state index contributed by atoms with van der Waals surface area (Å²) in [5.41, 5.74) is 0. The van der Waals surface area contributed by atoms with E-state index in [1.54, 1.807) is 6.92 Å². The first-order valence-corrected chi connectivity index (χ1v) is 7.61. The van der Waals surface area contributed by atoms with Crippen molar-refractivity contribution in [3.63, 3.8) is 0 Å². The van der Waals surface area contributed by atoms with E-state index in [4.69, 9.17) is 0 Å². The highest BCUT2D eigenvalue weighted by Crippen LogP contribution is 2.28. The van der Waals surface area contributed by atoms with Crippen molar-refractivity contribution in [1.82, 2.24) is 10.6 Å². The van der Waals surface area contributed by atoms with Crippen molar-refractivity contribution >= 4 is 6.03 Å². The molecule has 19 heavy (non-hydrogen) atoms. The molecular formula is C15H30N2O2. The van der Waals surface area contributed by atoms with Crippen molar-refractivity contribution in [2.45, 2.75) is 65.5 Å². The average Bonchev–Trinajstić information content (AvgIpc) is 2.29. The van der Waals surface area contributed by atoms with Gasteiger partial charge in [0.1, 0.15) is 0 Å². The summed E-state index contributed by atoms with van der Waals surface area (Å²) in [6.45, 7) is 8.94. The Hall–Kier alpha value is -0.770. The molecule has 4 heteroatoms. The second kappa shape index (κ2) is 7.73. The number of aliphatic hydroxyl groups is 1. The minimum atomic E-state index is -0.306. The van der Waals surface area contributed by atoms with Crippen LogP contribution in [0.2, 0.25) is 0 Å². The van der Waals surface area contributed by atoms with Gasteiger partial charge in [0.05, 0.1) is 6.10 Å². The summed E-state index contributed by atoms with van der Waals surface area (Å²) in [5, 5.41) is 15.3. The van der Waals surface area contributed by atoms with Crippen LogP contribution >= 0.6 is 0 Å². The topological polar surface area (TPSA) is 61.4 Å². The van der Waals surface area contributed by atoms with E-state index < -0.39 is 0 Å². The number of amides is 2. The molecule has 0 aromatic heterocycles. The van der Waals surface area contributed by atoms with Gasteiger partial charge in [-0.15, -0.1) is 0 Å². The van der Waals surface area contributed by atoms with E-state index in [-0.39, 0.29) is 12.1 Å². The van der Waals surface area contributed by atoms with Crippen LogP contribution in [-0.4, -0.2) is 29.8 Å². The van der Waals surface area contributed by atoms with Crippen molar-refractivity contribution in [2.24, 2.45) is 17.8 Å². The molecule has 0 heterocycles. The van der Waals surface area contributed by atoms with Crippen LogP contribution < -0.4 is 10.6 Å². The lowest BCUT2D eigenvalue weighted by molar-refractivity contribution is 0.162. The Kier molecular flexibility index (Phi) is 6.63. The maximum Gasteiger partial charge on any atom is 0.315 e. The molecule has 1 saturated carbocycles. The van der Waals surface area contributed by atoms with E-state index in [1.165, 1.54) is 12.8 Å². The highest BCUT2D eigenvalue weighted by molar-refractivity contribution is 5.74. The Morgan fingerprint density at radius 2 is 2.00 bits per heavy atom. The number of urea groups is 1. The molecule has 0 saturated heterocycles. The number of nitrogens with one attached hydrogen (secondary N) is 2. The predicted octanol–water partition coefficient (Wildman–Crippen LogP) is 2.52. The summed E-state index contributed by atoms with van der Waals surface area (Å²) < 4.78 is 0. The Morgan fingerprint density at radius 3 is 2.58 bits per heavy atom. The van der Waals surface area contributed by atoms with Crippen LogP contribution in [0.1, 0.15) is 53.4 Å². The second-order valence-corrected chi connectivity index (χ2v) is 6.55. The monoisotopic (exact) mass is 270 g/mol. The van der Waals surface area contributed by atoms with Gasteiger partial charge in [-0.05, 0) is 50.4 Å². The van der Waals surface area contributed by atoms with Crippen LogP contribution in [0.25, 0.3) is 0 Å². The molecule has 1 aliphatic rings. The van der Waals surface area contributed by atoms with Crippen molar-refractivity contribution in [3.8, 4) is 0 Å². The van der Waals surface area contributed by atoms with Gasteiger partial charge in [-0.1, -0.05) is 20.8 Å². The van der Waals surface area contributed by atoms with Gasteiger partial charge >= 0.3 is 6.03 Å². The number of carbonyl (C=O) groups is 1. The summed E-state index contributed by atoms with van der Waals surface area (Å²) in [7, 11) is 0. The van der Waals surface area contributed by atoms with Gasteiger partial charge in [0, 0.05) is 12.6 Å². The van der Waals surface area contributed by atoms with Crippen molar-refractivity contribution in [2.75, 3.05) is 6.54 Å². The number of rotatable bonds is 5. The molecule has 0 aromatic rings. The number of hydrogen-bond donors (Lipinski definition) is 3. The molecule has 1 aliphatic carbocycles. The van der Waals surface area contributed by atoms with E-state index in [0.29, 0.717) is 24.4 Å². The van der Waals surface area contributed by atoms with Gasteiger partial charge in [-0.3, -0.25) is 0 Å². The molecule has 1 rings (SSSR count). The second-order valence-electron chi connectivity index (χ2n) is 6.55. The number of aliphatic hydroxyl groups excluding tert-OH is 1. The zero-order valence-corrected chi connectivity index (χ0v) is 12.8. The lowest BCUT2D eigenvalue weighted by Crippen LogP contribution is -2.47. The van der Waals surface area contributed by atoms with E-state index in [9.17, 15) is 9.90 Å². The van der Waals surface area contributed by atoms with Gasteiger partial charge in [0.15, 0.2) is 0 Å². The maximum atomic E-state index is 11.8. The number of hydrogen-bond acceptors (Lipinski definition) is 2. The minimum Gasteiger partial charge on any atom is -0.393 e. The maximum absolute atomic E-state index is 11.8. The average molecular weight is 270 g/mol. The fourth-order valence-electron chi connectivity index (χ4n) is 3.03. The van der Waals surface area contributed by atoms with Crippen molar-refractivity contribution in [1.29, 1.82) is 0 Å². The van der Waals surface area contributed by atoms with E-state index in [0.717, 1.165) is 18.8 Å². The molecule has 1 fully saturated rings. The fraction of sp³-hybridized carbons (Fsp3) is 0.933. The van der Waals surface area contributed by atoms with Gasteiger partial charge in [-0.2, -0.15) is 0 Å². The van der Waals surface area contributed by atoms with Gasteiger partial charge in [0.2, 0.25) is 0 Å². The highest BCUT2D eigenvalue weighted by Gasteiger charge is 2.26. The molecule has 4 nitrogen and oxygen atoms in total. The molecule has 0 bridgehead atoms. The zero-order valence-electron chi connectivity index (χ0n) is 12.8. The molecule has 0 aliphatic heterocycles. The third-order valence-corrected chi connectivity index (χ3v) is 4.10. The minimum absolute atomic E-state index is 0.0659. The predicted molar refractivity (Wildman–Crippen MR) is 78.0 cm³/mol. The molecule has 2 amide bonds. The molecule has 5 atom stereocenters. The molecule has 0 spiro atoms. The van der Waals surface area contributed by atoms with Gasteiger partial charge in [-0.25, -0.2) is 4.79 Å². The summed E-state index contributed by atoms with van der Waals surface area (Å²) in [6.07, 6.45) is 3.90. The van der Waals surface area contributed by atoms with Crippen LogP contribution in [0.5, 0.6) is 0 Å². The van der Waals surface area contributed by atoms with E-state index >= 15 is 0 Å². The Labute approximate surface area is 117 Å². The quantitative estimate of drug-likeness (QED) is 0.719. The standard InChI is InChI=1S/C15H30N2O2/c1-10-5-6-14(12(3)7-10)17-15(19)16-9-11(2)8-13(4)18/h10-14,18H,5-9H2,1-4H3,(H2,16,17,19). The van der Waals surface area contributed by atoms with E-state index in [1.807, 2.05) is 6.92 Å². The fourth-order valence-corrected chi connectivity index (χ4v) is 3.03. The van der Waals surface area contributed by atoms with E-state index in [2.05, 4.69) is 24.5 Å². The van der Waals surface area contributed by atoms with Crippen LogP contribution in [0.15, 0.2) is 0 Å². The summed E-state index contributed by atoms with van der Waals surface area (Å²) >= 11 is 0. The van der Waals surface area contributed by atoms with Crippen LogP contribution in [-0.2, 0) is 0 Å². The molecule has 3 N–H and O–H groups in total. The first-order valence-electron chi connectivity index (χ1n) is 7.61. The third kappa shape index (κ3) is 6.28. The summed E-state index contributed by atoms with van der Waals surface area (Å²) in [4.78, 5) is 11.8. The normalized spacial score (nSPS) is 30.5. The highest BCUT2D eigenvalue weighted by atomic mass is 16.3. The Morgan fingerprint density at radius 1 is 1.32 bits per heavy atom. The molecule has 112 valence electrons. The first kappa shape index (κ1) is 16.3. The van der Waals surface area contributed by atoms with Crippen molar-refractivity contribution < 1.29 is 9.90 Å². The van der Waals surface area contributed by atoms with Gasteiger partial charge in [0.25, 0.3) is 0 Å². The van der Waals surface area contributed by atoms with Crippen molar-refractivity contribution in [3.05, 3.63) is 0 Å². The summed E-state index contributed by atoms with van der Waals surface area (Å²) in [5.74, 6) is 1.64. The largest absolute Gasteiger partial charge is 0.393 e. The van der Waals surface area contributed by atoms with Crippen LogP contribution in [0, 0.1) is 17.8 Å². The molecule has 5 unspecified atom stereocenters. The number of carbonyl (C=O) groups excluding carboxylic acids is 1. The van der Waals surface area contributed by atoms with Crippen LogP contribution in [0.3, 0.4) is 0 Å².